The summed E-state index contributed by atoms with van der Waals surface area (Å²) in [5.41, 5.74) is 2.13. The molecule has 5 nitrogen and oxygen atoms in total. The van der Waals surface area contributed by atoms with E-state index < -0.39 is 0 Å². The van der Waals surface area contributed by atoms with Gasteiger partial charge in [0.2, 0.25) is 11.8 Å². The van der Waals surface area contributed by atoms with Crippen molar-refractivity contribution >= 4 is 17.5 Å². The van der Waals surface area contributed by atoms with Crippen LogP contribution in [0.15, 0.2) is 24.3 Å². The summed E-state index contributed by atoms with van der Waals surface area (Å²) >= 11 is 0. The number of benzene rings is 1. The van der Waals surface area contributed by atoms with E-state index >= 15 is 0 Å². The van der Waals surface area contributed by atoms with Crippen LogP contribution in [-0.4, -0.2) is 36.1 Å². The van der Waals surface area contributed by atoms with E-state index in [1.807, 2.05) is 19.1 Å². The topological polar surface area (TPSA) is 69.6 Å². The lowest BCUT2D eigenvalue weighted by Crippen LogP contribution is -2.41. The van der Waals surface area contributed by atoms with Crippen LogP contribution in [0.1, 0.15) is 45.1 Å². The predicted octanol–water partition coefficient (Wildman–Crippen LogP) is 2.27. The number of aliphatic hydroxyl groups excluding tert-OH is 1. The first kappa shape index (κ1) is 18.5. The summed E-state index contributed by atoms with van der Waals surface area (Å²) in [7, 11) is 0. The minimum Gasteiger partial charge on any atom is -0.394 e. The van der Waals surface area contributed by atoms with Gasteiger partial charge in [-0.1, -0.05) is 32.4 Å². The molecule has 0 bridgehead atoms. The molecule has 0 saturated carbocycles. The lowest BCUT2D eigenvalue weighted by Gasteiger charge is -2.19. The van der Waals surface area contributed by atoms with Gasteiger partial charge in [0.05, 0.1) is 18.6 Å². The summed E-state index contributed by atoms with van der Waals surface area (Å²) in [6.07, 6.45) is 4.27. The Morgan fingerprint density at radius 2 is 2.04 bits per heavy atom. The molecule has 1 saturated heterocycles. The fourth-order valence-electron chi connectivity index (χ4n) is 2.95. The first-order valence-corrected chi connectivity index (χ1v) is 8.89. The van der Waals surface area contributed by atoms with Crippen molar-refractivity contribution in [1.29, 1.82) is 0 Å². The number of carbonyl (C=O) groups is 2. The highest BCUT2D eigenvalue weighted by Gasteiger charge is 2.35. The van der Waals surface area contributed by atoms with Gasteiger partial charge in [-0.15, -0.1) is 0 Å². The molecule has 0 spiro atoms. The van der Waals surface area contributed by atoms with E-state index in [2.05, 4.69) is 24.4 Å². The number of nitrogens with one attached hydrogen (secondary N) is 1. The molecule has 132 valence electrons. The number of amides is 2. The van der Waals surface area contributed by atoms with E-state index in [9.17, 15) is 14.7 Å². The number of aryl methyl sites for hydroxylation is 1. The molecular formula is C19H28N2O3. The van der Waals surface area contributed by atoms with Gasteiger partial charge in [-0.3, -0.25) is 9.59 Å². The van der Waals surface area contributed by atoms with E-state index in [0.717, 1.165) is 24.9 Å². The number of anilines is 1. The van der Waals surface area contributed by atoms with Crippen molar-refractivity contribution in [2.24, 2.45) is 5.92 Å². The SMILES string of the molecule is CCCCc1ccc(N2CC(C(=O)NC(CC)CO)CC2=O)cc1. The Labute approximate surface area is 144 Å². The van der Waals surface area contributed by atoms with Crippen molar-refractivity contribution in [3.05, 3.63) is 29.8 Å². The van der Waals surface area contributed by atoms with E-state index in [4.69, 9.17) is 0 Å². The highest BCUT2D eigenvalue weighted by Crippen LogP contribution is 2.26. The molecule has 1 aliphatic rings. The molecule has 1 fully saturated rings. The molecule has 0 aliphatic carbocycles. The van der Waals surface area contributed by atoms with Gasteiger partial charge in [0.15, 0.2) is 0 Å². The third-order valence-electron chi connectivity index (χ3n) is 4.62. The normalized spacial score (nSPS) is 18.7. The Morgan fingerprint density at radius 1 is 1.33 bits per heavy atom. The number of hydrogen-bond donors (Lipinski definition) is 2. The van der Waals surface area contributed by atoms with E-state index in [-0.39, 0.29) is 36.8 Å². The largest absolute Gasteiger partial charge is 0.394 e. The monoisotopic (exact) mass is 332 g/mol. The summed E-state index contributed by atoms with van der Waals surface area (Å²) in [5, 5.41) is 12.0. The number of carbonyl (C=O) groups excluding carboxylic acids is 2. The van der Waals surface area contributed by atoms with Crippen LogP contribution in [-0.2, 0) is 16.0 Å². The molecular weight excluding hydrogens is 304 g/mol. The van der Waals surface area contributed by atoms with Crippen LogP contribution in [0.4, 0.5) is 5.69 Å². The summed E-state index contributed by atoms with van der Waals surface area (Å²) in [4.78, 5) is 26.2. The van der Waals surface area contributed by atoms with Gasteiger partial charge in [0.25, 0.3) is 0 Å². The number of nitrogens with zero attached hydrogens (tertiary/aromatic N) is 1. The predicted molar refractivity (Wildman–Crippen MR) is 94.8 cm³/mol. The zero-order chi connectivity index (χ0) is 17.5. The average Bonchev–Trinajstić information content (AvgIpc) is 3.00. The zero-order valence-electron chi connectivity index (χ0n) is 14.6. The van der Waals surface area contributed by atoms with Gasteiger partial charge >= 0.3 is 0 Å². The molecule has 2 rings (SSSR count). The van der Waals surface area contributed by atoms with E-state index in [1.54, 1.807) is 4.90 Å². The summed E-state index contributed by atoms with van der Waals surface area (Å²) < 4.78 is 0. The number of rotatable bonds is 8. The Hall–Kier alpha value is -1.88. The van der Waals surface area contributed by atoms with Crippen molar-refractivity contribution in [3.63, 3.8) is 0 Å². The fraction of sp³-hybridized carbons (Fsp3) is 0.579. The molecule has 2 amide bonds. The molecule has 1 aromatic rings. The summed E-state index contributed by atoms with van der Waals surface area (Å²) in [5.74, 6) is -0.516. The van der Waals surface area contributed by atoms with Gasteiger partial charge in [0, 0.05) is 18.7 Å². The molecule has 1 aromatic carbocycles. The third-order valence-corrected chi connectivity index (χ3v) is 4.62. The highest BCUT2D eigenvalue weighted by atomic mass is 16.3. The van der Waals surface area contributed by atoms with Crippen LogP contribution in [0.5, 0.6) is 0 Å². The standard InChI is InChI=1S/C19H28N2O3/c1-3-5-6-14-7-9-17(10-8-14)21-12-15(11-18(21)23)19(24)20-16(4-2)13-22/h7-10,15-16,22H,3-6,11-13H2,1-2H3,(H,20,24). The highest BCUT2D eigenvalue weighted by molar-refractivity contribution is 6.00. The van der Waals surface area contributed by atoms with Crippen molar-refractivity contribution in [1.82, 2.24) is 5.32 Å². The minimum atomic E-state index is -0.349. The van der Waals surface area contributed by atoms with Crippen molar-refractivity contribution in [2.45, 2.75) is 52.0 Å². The summed E-state index contributed by atoms with van der Waals surface area (Å²) in [6, 6.07) is 7.81. The van der Waals surface area contributed by atoms with Crippen LogP contribution in [0.25, 0.3) is 0 Å². The second kappa shape index (κ2) is 8.83. The van der Waals surface area contributed by atoms with Crippen LogP contribution in [0.3, 0.4) is 0 Å². The molecule has 2 unspecified atom stereocenters. The molecule has 0 aromatic heterocycles. The Balaban J connectivity index is 1.97. The van der Waals surface area contributed by atoms with Crippen molar-refractivity contribution in [3.8, 4) is 0 Å². The summed E-state index contributed by atoms with van der Waals surface area (Å²) in [6.45, 7) is 4.41. The number of aliphatic hydroxyl groups is 1. The maximum Gasteiger partial charge on any atom is 0.227 e. The van der Waals surface area contributed by atoms with Gasteiger partial charge in [0.1, 0.15) is 0 Å². The zero-order valence-corrected chi connectivity index (χ0v) is 14.6. The van der Waals surface area contributed by atoms with Gasteiger partial charge in [-0.05, 0) is 37.0 Å². The molecule has 0 radical (unpaired) electrons. The van der Waals surface area contributed by atoms with Crippen LogP contribution >= 0.6 is 0 Å². The van der Waals surface area contributed by atoms with E-state index in [1.165, 1.54) is 5.56 Å². The second-order valence-electron chi connectivity index (χ2n) is 6.47. The van der Waals surface area contributed by atoms with Crippen molar-refractivity contribution in [2.75, 3.05) is 18.1 Å². The lowest BCUT2D eigenvalue weighted by molar-refractivity contribution is -0.127. The Morgan fingerprint density at radius 3 is 2.62 bits per heavy atom. The van der Waals surface area contributed by atoms with Crippen LogP contribution < -0.4 is 10.2 Å². The van der Waals surface area contributed by atoms with E-state index in [0.29, 0.717) is 13.0 Å². The number of hydrogen-bond acceptors (Lipinski definition) is 3. The molecule has 24 heavy (non-hydrogen) atoms. The first-order chi connectivity index (χ1) is 11.6. The Kier molecular flexibility index (Phi) is 6.79. The van der Waals surface area contributed by atoms with Crippen LogP contribution in [0.2, 0.25) is 0 Å². The molecule has 5 heteroatoms. The molecule has 2 atom stereocenters. The average molecular weight is 332 g/mol. The van der Waals surface area contributed by atoms with Crippen LogP contribution in [0, 0.1) is 5.92 Å². The third kappa shape index (κ3) is 4.57. The van der Waals surface area contributed by atoms with Gasteiger partial charge in [-0.2, -0.15) is 0 Å². The quantitative estimate of drug-likeness (QED) is 0.767. The lowest BCUT2D eigenvalue weighted by atomic mass is 10.1. The van der Waals surface area contributed by atoms with Gasteiger partial charge in [-0.25, -0.2) is 0 Å². The van der Waals surface area contributed by atoms with Crippen molar-refractivity contribution < 1.29 is 14.7 Å². The minimum absolute atomic E-state index is 0.0199. The first-order valence-electron chi connectivity index (χ1n) is 8.89. The molecule has 1 heterocycles. The molecule has 1 aliphatic heterocycles. The second-order valence-corrected chi connectivity index (χ2v) is 6.47. The number of unbranched alkanes of at least 4 members (excludes halogenated alkanes) is 1. The molecule has 2 N–H and O–H groups in total. The smallest absolute Gasteiger partial charge is 0.227 e. The fourth-order valence-corrected chi connectivity index (χ4v) is 2.95. The Bertz CT molecular complexity index is 552. The maximum absolute atomic E-state index is 12.3. The maximum atomic E-state index is 12.3. The van der Waals surface area contributed by atoms with Gasteiger partial charge < -0.3 is 15.3 Å².